The van der Waals surface area contributed by atoms with Crippen molar-refractivity contribution in [3.8, 4) is 17.1 Å². The summed E-state index contributed by atoms with van der Waals surface area (Å²) in [5, 5.41) is 7.82. The molecule has 0 unspecified atom stereocenters. The van der Waals surface area contributed by atoms with E-state index in [-0.39, 0.29) is 5.91 Å². The summed E-state index contributed by atoms with van der Waals surface area (Å²) >= 11 is 0. The van der Waals surface area contributed by atoms with Gasteiger partial charge in [0, 0.05) is 19.8 Å². The van der Waals surface area contributed by atoms with Crippen LogP contribution in [-0.2, 0) is 13.6 Å². The number of rotatable bonds is 5. The van der Waals surface area contributed by atoms with Crippen LogP contribution in [0.4, 0.5) is 0 Å². The molecule has 0 bridgehead atoms. The van der Waals surface area contributed by atoms with Crippen LogP contribution in [0.25, 0.3) is 17.1 Å². The van der Waals surface area contributed by atoms with Crippen molar-refractivity contribution in [3.63, 3.8) is 0 Å². The predicted octanol–water partition coefficient (Wildman–Crippen LogP) is 4.42. The maximum Gasteiger partial charge on any atom is 0.270 e. The Labute approximate surface area is 170 Å². The van der Waals surface area contributed by atoms with E-state index in [1.165, 1.54) is 0 Å². The van der Waals surface area contributed by atoms with E-state index >= 15 is 0 Å². The second-order valence-electron chi connectivity index (χ2n) is 7.29. The molecule has 0 radical (unpaired) electrons. The number of hydrogen-bond donors (Lipinski definition) is 1. The van der Waals surface area contributed by atoms with E-state index in [2.05, 4.69) is 23.5 Å². The molecule has 0 saturated carbocycles. The van der Waals surface area contributed by atoms with Crippen LogP contribution >= 0.6 is 0 Å². The second kappa shape index (κ2) is 7.80. The predicted molar refractivity (Wildman–Crippen MR) is 115 cm³/mol. The van der Waals surface area contributed by atoms with Gasteiger partial charge in [-0.3, -0.25) is 4.79 Å². The molecule has 0 fully saturated rings. The summed E-state index contributed by atoms with van der Waals surface area (Å²) in [5.41, 5.74) is 6.41. The maximum absolute atomic E-state index is 13.1. The number of benzene rings is 2. The highest BCUT2D eigenvalue weighted by atomic mass is 16.2. The van der Waals surface area contributed by atoms with E-state index in [0.29, 0.717) is 12.2 Å². The Bertz CT molecular complexity index is 1150. The topological polar surface area (TPSA) is 51.9 Å². The highest BCUT2D eigenvalue weighted by Gasteiger charge is 2.19. The number of amides is 1. The minimum atomic E-state index is -0.150. The van der Waals surface area contributed by atoms with Crippen LogP contribution in [0.3, 0.4) is 0 Å². The van der Waals surface area contributed by atoms with Crippen LogP contribution < -0.4 is 5.32 Å². The molecule has 146 valence electrons. The van der Waals surface area contributed by atoms with Crippen molar-refractivity contribution in [2.24, 2.45) is 7.05 Å². The Kier molecular flexibility index (Phi) is 5.04. The van der Waals surface area contributed by atoms with Crippen LogP contribution in [0.5, 0.6) is 0 Å². The highest BCUT2D eigenvalue weighted by molar-refractivity contribution is 5.94. The fraction of sp³-hybridized carbons (Fsp3) is 0.167. The standard InChI is InChI=1S/C24H24N4O/c1-17-11-12-18(2)22(14-17)28-23(15-20(26-28)21-10-7-13-27(21)3)24(29)25-16-19-8-5-4-6-9-19/h4-15H,16H2,1-3H3,(H,25,29). The molecule has 2 aromatic heterocycles. The van der Waals surface area contributed by atoms with Gasteiger partial charge in [0.2, 0.25) is 0 Å². The molecule has 0 saturated heterocycles. The van der Waals surface area contributed by atoms with Crippen LogP contribution in [0, 0.1) is 13.8 Å². The zero-order valence-corrected chi connectivity index (χ0v) is 16.9. The number of nitrogens with zero attached hydrogens (tertiary/aromatic N) is 3. The summed E-state index contributed by atoms with van der Waals surface area (Å²) in [4.78, 5) is 13.1. The first kappa shape index (κ1) is 18.7. The van der Waals surface area contributed by atoms with Gasteiger partial charge < -0.3 is 9.88 Å². The van der Waals surface area contributed by atoms with Gasteiger partial charge in [0.05, 0.1) is 11.4 Å². The normalized spacial score (nSPS) is 10.9. The van der Waals surface area contributed by atoms with Crippen molar-refractivity contribution < 1.29 is 4.79 Å². The van der Waals surface area contributed by atoms with Gasteiger partial charge in [-0.25, -0.2) is 4.68 Å². The zero-order valence-electron chi connectivity index (χ0n) is 16.9. The van der Waals surface area contributed by atoms with E-state index in [1.54, 1.807) is 4.68 Å². The molecule has 0 aliphatic carbocycles. The number of carbonyl (C=O) groups excluding carboxylic acids is 1. The lowest BCUT2D eigenvalue weighted by Gasteiger charge is -2.11. The molecule has 0 aliphatic heterocycles. The molecule has 0 aliphatic rings. The molecule has 2 heterocycles. The van der Waals surface area contributed by atoms with Gasteiger partial charge in [-0.15, -0.1) is 0 Å². The summed E-state index contributed by atoms with van der Waals surface area (Å²) in [7, 11) is 1.97. The van der Waals surface area contributed by atoms with Crippen molar-refractivity contribution in [1.29, 1.82) is 0 Å². The average Bonchev–Trinajstić information content (AvgIpc) is 3.35. The lowest BCUT2D eigenvalue weighted by molar-refractivity contribution is 0.0943. The molecular weight excluding hydrogens is 360 g/mol. The Morgan fingerprint density at radius 3 is 2.52 bits per heavy atom. The van der Waals surface area contributed by atoms with Gasteiger partial charge in [0.1, 0.15) is 11.4 Å². The molecule has 0 spiro atoms. The van der Waals surface area contributed by atoms with Crippen LogP contribution in [0.2, 0.25) is 0 Å². The van der Waals surface area contributed by atoms with Gasteiger partial charge in [0.25, 0.3) is 5.91 Å². The van der Waals surface area contributed by atoms with Crippen molar-refractivity contribution in [2.75, 3.05) is 0 Å². The van der Waals surface area contributed by atoms with Crippen molar-refractivity contribution in [2.45, 2.75) is 20.4 Å². The van der Waals surface area contributed by atoms with Crippen LogP contribution in [-0.4, -0.2) is 20.3 Å². The molecule has 4 rings (SSSR count). The van der Waals surface area contributed by atoms with Crippen molar-refractivity contribution in [1.82, 2.24) is 19.7 Å². The van der Waals surface area contributed by atoms with E-state index in [0.717, 1.165) is 33.8 Å². The summed E-state index contributed by atoms with van der Waals surface area (Å²) in [6.07, 6.45) is 1.97. The smallest absolute Gasteiger partial charge is 0.270 e. The first-order valence-corrected chi connectivity index (χ1v) is 9.64. The Hall–Kier alpha value is -3.60. The summed E-state index contributed by atoms with van der Waals surface area (Å²) in [6.45, 7) is 4.54. The van der Waals surface area contributed by atoms with Gasteiger partial charge >= 0.3 is 0 Å². The van der Waals surface area contributed by atoms with E-state index in [1.807, 2.05) is 80.2 Å². The molecular formula is C24H24N4O. The van der Waals surface area contributed by atoms with Gasteiger partial charge in [-0.1, -0.05) is 42.5 Å². The first-order chi connectivity index (χ1) is 14.0. The maximum atomic E-state index is 13.1. The fourth-order valence-electron chi connectivity index (χ4n) is 3.40. The van der Waals surface area contributed by atoms with E-state index in [4.69, 9.17) is 5.10 Å². The molecule has 1 amide bonds. The van der Waals surface area contributed by atoms with Gasteiger partial charge in [-0.2, -0.15) is 5.10 Å². The third kappa shape index (κ3) is 3.85. The largest absolute Gasteiger partial charge is 0.349 e. The lowest BCUT2D eigenvalue weighted by Crippen LogP contribution is -2.25. The Morgan fingerprint density at radius 1 is 1.00 bits per heavy atom. The number of aryl methyl sites for hydroxylation is 3. The number of nitrogens with one attached hydrogen (secondary N) is 1. The average molecular weight is 384 g/mol. The molecule has 2 aromatic carbocycles. The second-order valence-corrected chi connectivity index (χ2v) is 7.29. The van der Waals surface area contributed by atoms with Gasteiger partial charge in [-0.05, 0) is 54.8 Å². The first-order valence-electron chi connectivity index (χ1n) is 9.64. The summed E-state index contributed by atoms with van der Waals surface area (Å²) < 4.78 is 3.76. The van der Waals surface area contributed by atoms with Crippen molar-refractivity contribution in [3.05, 3.63) is 95.3 Å². The molecule has 29 heavy (non-hydrogen) atoms. The van der Waals surface area contributed by atoms with Crippen LogP contribution in [0.1, 0.15) is 27.2 Å². The zero-order chi connectivity index (χ0) is 20.4. The third-order valence-electron chi connectivity index (χ3n) is 5.04. The lowest BCUT2D eigenvalue weighted by atomic mass is 10.1. The number of aromatic nitrogens is 3. The molecule has 5 heteroatoms. The quantitative estimate of drug-likeness (QED) is 0.554. The summed E-state index contributed by atoms with van der Waals surface area (Å²) in [6, 6.07) is 21.9. The molecule has 0 atom stereocenters. The van der Waals surface area contributed by atoms with Crippen molar-refractivity contribution >= 4 is 5.91 Å². The minimum absolute atomic E-state index is 0.150. The summed E-state index contributed by atoms with van der Waals surface area (Å²) in [5.74, 6) is -0.150. The highest BCUT2D eigenvalue weighted by Crippen LogP contribution is 2.24. The third-order valence-corrected chi connectivity index (χ3v) is 5.04. The van der Waals surface area contributed by atoms with Gasteiger partial charge in [0.15, 0.2) is 0 Å². The molecule has 5 nitrogen and oxygen atoms in total. The van der Waals surface area contributed by atoms with Crippen LogP contribution in [0.15, 0.2) is 72.9 Å². The SMILES string of the molecule is Cc1ccc(C)c(-n2nc(-c3cccn3C)cc2C(=O)NCc2ccccc2)c1. The minimum Gasteiger partial charge on any atom is -0.349 e. The molecule has 4 aromatic rings. The molecule has 1 N–H and O–H groups in total. The Morgan fingerprint density at radius 2 is 1.79 bits per heavy atom. The van der Waals surface area contributed by atoms with E-state index < -0.39 is 0 Å². The number of carbonyl (C=O) groups is 1. The fourth-order valence-corrected chi connectivity index (χ4v) is 3.40. The number of hydrogen-bond acceptors (Lipinski definition) is 2. The monoisotopic (exact) mass is 384 g/mol. The Balaban J connectivity index is 1.74. The van der Waals surface area contributed by atoms with E-state index in [9.17, 15) is 4.79 Å².